The molecule has 0 saturated heterocycles. The second-order valence-electron chi connectivity index (χ2n) is 36.8. The molecule has 0 radical (unpaired) electrons. The zero-order valence-corrected chi connectivity index (χ0v) is 75.0. The van der Waals surface area contributed by atoms with Crippen molar-refractivity contribution in [1.82, 2.24) is 19.9 Å². The Labute approximate surface area is 794 Å². The summed E-state index contributed by atoms with van der Waals surface area (Å²) in [4.78, 5) is 21.3. The third-order valence-corrected chi connectivity index (χ3v) is 29.2. The van der Waals surface area contributed by atoms with E-state index in [0.717, 1.165) is 144 Å². The van der Waals surface area contributed by atoms with Gasteiger partial charge in [-0.25, -0.2) is 15.0 Å². The van der Waals surface area contributed by atoms with Crippen molar-refractivity contribution in [2.75, 3.05) is 0 Å². The second kappa shape index (κ2) is 31.8. The summed E-state index contributed by atoms with van der Waals surface area (Å²) in [5.74, 6) is 0. The van der Waals surface area contributed by atoms with Crippen molar-refractivity contribution in [1.29, 1.82) is 0 Å². The molecule has 0 bridgehead atoms. The largest absolute Gasteiger partial charge is 0.256 e. The Hall–Kier alpha value is -18.2. The first-order chi connectivity index (χ1) is 68.4. The SMILES string of the molecule is c1ccc(-c2cc(-c3ccc(-c4cc5c(-c6ccc7c8ccccc8c8ccccc8c7c6)cc(-c6ccc7c8ccccc8c8ccccc8c7c6)nc5c5ccccc45)cc3)nc3ccccc23)cc1.c1ccc2ncc(-c3ccc(-c4cc5c(-c6ccc7c8ccccc8c8ccccc8c7c6)cc(-c6ccc7c8ccccc8c8ccccc8c7c6)nc5c5ccccc45)cc3)cc2c1. The van der Waals surface area contributed by atoms with E-state index in [9.17, 15) is 0 Å². The molecular formula is C134H80N4. The van der Waals surface area contributed by atoms with E-state index in [1.165, 1.54) is 151 Å². The Morgan fingerprint density at radius 1 is 0.116 bits per heavy atom. The first-order valence-corrected chi connectivity index (χ1v) is 47.5. The first kappa shape index (κ1) is 78.4. The molecule has 0 N–H and O–H groups in total. The molecule has 0 aliphatic heterocycles. The summed E-state index contributed by atoms with van der Waals surface area (Å²) in [6.45, 7) is 0. The number of benzene rings is 25. The van der Waals surface area contributed by atoms with E-state index in [-0.39, 0.29) is 0 Å². The fourth-order valence-electron chi connectivity index (χ4n) is 22.7. The highest BCUT2D eigenvalue weighted by molar-refractivity contribution is 6.31. The lowest BCUT2D eigenvalue weighted by Gasteiger charge is -2.17. The number of nitrogens with zero attached hydrogens (tertiary/aromatic N) is 4. The van der Waals surface area contributed by atoms with Gasteiger partial charge in [0.05, 0.1) is 39.1 Å². The number of para-hydroxylation sites is 2. The molecule has 0 unspecified atom stereocenters. The van der Waals surface area contributed by atoms with Crippen molar-refractivity contribution >= 4 is 194 Å². The van der Waals surface area contributed by atoms with Gasteiger partial charge in [0.1, 0.15) is 0 Å². The lowest BCUT2D eigenvalue weighted by Crippen LogP contribution is -1.94. The van der Waals surface area contributed by atoms with Crippen LogP contribution in [0.2, 0.25) is 0 Å². The van der Waals surface area contributed by atoms with Crippen LogP contribution in [0.4, 0.5) is 0 Å². The Bertz CT molecular complexity index is 10100. The molecule has 138 heavy (non-hydrogen) atoms. The maximum atomic E-state index is 5.70. The molecule has 0 aliphatic rings. The van der Waals surface area contributed by atoms with Crippen LogP contribution in [0.15, 0.2) is 485 Å². The Balaban J connectivity index is 0.000000137. The predicted octanol–water partition coefficient (Wildman–Crippen LogP) is 36.7. The average Bonchev–Trinajstić information content (AvgIpc) is 0.707. The topological polar surface area (TPSA) is 51.6 Å². The van der Waals surface area contributed by atoms with Gasteiger partial charge >= 0.3 is 0 Å². The number of rotatable bonds is 9. The van der Waals surface area contributed by atoms with E-state index in [1.54, 1.807) is 0 Å². The fourth-order valence-corrected chi connectivity index (χ4v) is 22.7. The molecule has 4 heteroatoms. The van der Waals surface area contributed by atoms with E-state index in [0.29, 0.717) is 0 Å². The van der Waals surface area contributed by atoms with Crippen LogP contribution >= 0.6 is 0 Å². The number of pyridine rings is 4. The Morgan fingerprint density at radius 2 is 0.362 bits per heavy atom. The van der Waals surface area contributed by atoms with Crippen LogP contribution < -0.4 is 0 Å². The summed E-state index contributed by atoms with van der Waals surface area (Å²) < 4.78 is 0. The minimum atomic E-state index is 0.945. The average molecular weight is 1750 g/mol. The van der Waals surface area contributed by atoms with Gasteiger partial charge in [-0.05, 0) is 274 Å². The van der Waals surface area contributed by atoms with Crippen molar-refractivity contribution in [3.05, 3.63) is 485 Å². The van der Waals surface area contributed by atoms with Crippen LogP contribution in [0.1, 0.15) is 0 Å². The number of fused-ring (bicyclic) bond motifs is 32. The highest BCUT2D eigenvalue weighted by Crippen LogP contribution is 2.50. The van der Waals surface area contributed by atoms with Gasteiger partial charge in [-0.3, -0.25) is 4.98 Å². The highest BCUT2D eigenvalue weighted by atomic mass is 14.7. The van der Waals surface area contributed by atoms with Crippen LogP contribution in [0.3, 0.4) is 0 Å². The molecular weight excluding hydrogens is 1670 g/mol. The van der Waals surface area contributed by atoms with E-state index >= 15 is 0 Å². The quantitative estimate of drug-likeness (QED) is 0.135. The highest BCUT2D eigenvalue weighted by Gasteiger charge is 2.24. The first-order valence-electron chi connectivity index (χ1n) is 47.5. The van der Waals surface area contributed by atoms with E-state index < -0.39 is 0 Å². The number of hydrogen-bond donors (Lipinski definition) is 0. The van der Waals surface area contributed by atoms with E-state index in [2.05, 4.69) is 473 Å². The number of hydrogen-bond acceptors (Lipinski definition) is 4. The molecule has 29 aromatic rings. The van der Waals surface area contributed by atoms with Gasteiger partial charge in [0.2, 0.25) is 0 Å². The third-order valence-electron chi connectivity index (χ3n) is 29.2. The van der Waals surface area contributed by atoms with E-state index in [1.807, 2.05) is 12.3 Å². The second-order valence-corrected chi connectivity index (χ2v) is 36.8. The summed E-state index contributed by atoms with van der Waals surface area (Å²) in [7, 11) is 0. The van der Waals surface area contributed by atoms with Crippen LogP contribution in [-0.4, -0.2) is 19.9 Å². The summed E-state index contributed by atoms with van der Waals surface area (Å²) in [5, 5.41) is 39.3. The van der Waals surface area contributed by atoms with Crippen LogP contribution in [0.25, 0.3) is 295 Å². The Kier molecular flexibility index (Phi) is 18.1. The van der Waals surface area contributed by atoms with Crippen molar-refractivity contribution in [2.45, 2.75) is 0 Å². The molecule has 4 aromatic heterocycles. The van der Waals surface area contributed by atoms with Crippen molar-refractivity contribution in [3.8, 4) is 101 Å². The molecule has 0 atom stereocenters. The van der Waals surface area contributed by atoms with Gasteiger partial charge in [-0.2, -0.15) is 0 Å². The molecule has 636 valence electrons. The molecule has 0 aliphatic carbocycles. The van der Waals surface area contributed by atoms with E-state index in [4.69, 9.17) is 19.9 Å². The monoisotopic (exact) mass is 1740 g/mol. The fraction of sp³-hybridized carbons (Fsp3) is 0. The predicted molar refractivity (Wildman–Crippen MR) is 588 cm³/mol. The van der Waals surface area contributed by atoms with Crippen molar-refractivity contribution in [2.24, 2.45) is 0 Å². The molecule has 0 amide bonds. The zero-order chi connectivity index (χ0) is 90.6. The molecule has 0 fully saturated rings. The van der Waals surface area contributed by atoms with Gasteiger partial charge in [-0.15, -0.1) is 0 Å². The summed E-state index contributed by atoms with van der Waals surface area (Å²) in [6.07, 6.45) is 1.98. The van der Waals surface area contributed by atoms with Gasteiger partial charge in [0, 0.05) is 60.8 Å². The summed E-state index contributed by atoms with van der Waals surface area (Å²) in [6, 6.07) is 175. The molecule has 0 spiro atoms. The summed E-state index contributed by atoms with van der Waals surface area (Å²) in [5.41, 5.74) is 23.9. The maximum absolute atomic E-state index is 5.70. The Morgan fingerprint density at radius 3 is 0.739 bits per heavy atom. The van der Waals surface area contributed by atoms with Gasteiger partial charge < -0.3 is 0 Å². The molecule has 0 saturated carbocycles. The van der Waals surface area contributed by atoms with Crippen molar-refractivity contribution in [3.63, 3.8) is 0 Å². The van der Waals surface area contributed by atoms with Crippen LogP contribution in [-0.2, 0) is 0 Å². The van der Waals surface area contributed by atoms with Gasteiger partial charge in [-0.1, -0.05) is 406 Å². The maximum Gasteiger partial charge on any atom is 0.0794 e. The number of aromatic nitrogens is 4. The third kappa shape index (κ3) is 12.8. The lowest BCUT2D eigenvalue weighted by atomic mass is 9.88. The standard InChI is InChI=1S/C70H42N2.C64H38N2/c1-2-16-43(17-3-1)62-41-68(71-67-29-15-14-27-59(62)67)45-32-30-44(31-33-45)61-40-66-63(46-34-36-57-52-22-6-4-18-48(52)50-20-8-10-24-54(50)64(57)38-46)42-69(72-70(66)60-28-13-12-26-56(60)61)47-35-37-58-53-23-7-5-19-49(53)51-21-9-11-25-55(51)65(58)39-47;1-12-24-62-42(13-1)33-44(38-65-62)39-25-27-40(28-26-39)57-36-61-58(41-29-31-54-49-18-4-2-14-45(49)47-16-6-8-20-51(47)59(54)34-41)37-63(66-64(61)56-23-11-10-22-53(56)57)43-30-32-55-50-19-5-3-15-46(50)48-17-7-9-21-52(48)60(55)35-43/h1-42H;1-38H. The zero-order valence-electron chi connectivity index (χ0n) is 75.0. The normalized spacial score (nSPS) is 11.9. The van der Waals surface area contributed by atoms with Crippen molar-refractivity contribution < 1.29 is 0 Å². The summed E-state index contributed by atoms with van der Waals surface area (Å²) >= 11 is 0. The molecule has 29 rings (SSSR count). The van der Waals surface area contributed by atoms with Gasteiger partial charge in [0.25, 0.3) is 0 Å². The molecule has 4 nitrogen and oxygen atoms in total. The minimum absolute atomic E-state index is 0.945. The molecule has 25 aromatic carbocycles. The minimum Gasteiger partial charge on any atom is -0.256 e. The molecule has 4 heterocycles. The van der Waals surface area contributed by atoms with Gasteiger partial charge in [0.15, 0.2) is 0 Å². The lowest BCUT2D eigenvalue weighted by molar-refractivity contribution is 1.40. The smallest absolute Gasteiger partial charge is 0.0794 e. The van der Waals surface area contributed by atoms with Crippen LogP contribution in [0.5, 0.6) is 0 Å². The van der Waals surface area contributed by atoms with Crippen LogP contribution in [0, 0.1) is 0 Å².